The lowest BCUT2D eigenvalue weighted by atomic mass is 9.87. The second-order valence-electron chi connectivity index (χ2n) is 5.36. The van der Waals surface area contributed by atoms with E-state index >= 15 is 0 Å². The number of hydrogen-bond donors (Lipinski definition) is 0. The standard InChI is InChI=1S/C16H16N4O/c1-10-8-13-12(15(21)14(10)20(2)3)9-18-16(19-13)11-4-6-17-7-5-11/h4-7,9,14H,1,8H2,2-3H3. The summed E-state index contributed by atoms with van der Waals surface area (Å²) in [7, 11) is 3.76. The van der Waals surface area contributed by atoms with Crippen LogP contribution in [0.4, 0.5) is 0 Å². The molecular formula is C16H16N4O. The van der Waals surface area contributed by atoms with E-state index < -0.39 is 0 Å². The molecule has 2 heterocycles. The number of carbonyl (C=O) groups is 1. The first kappa shape index (κ1) is 13.6. The highest BCUT2D eigenvalue weighted by Gasteiger charge is 2.33. The van der Waals surface area contributed by atoms with E-state index in [9.17, 15) is 4.79 Å². The van der Waals surface area contributed by atoms with Gasteiger partial charge in [-0.3, -0.25) is 14.7 Å². The van der Waals surface area contributed by atoms with Crippen molar-refractivity contribution in [3.8, 4) is 11.4 Å². The van der Waals surface area contributed by atoms with Crippen LogP contribution in [0.3, 0.4) is 0 Å². The zero-order chi connectivity index (χ0) is 15.0. The molecule has 0 spiro atoms. The van der Waals surface area contributed by atoms with E-state index in [-0.39, 0.29) is 11.8 Å². The number of likely N-dealkylation sites (N-methyl/N-ethyl adjacent to an activating group) is 1. The number of aromatic nitrogens is 3. The summed E-state index contributed by atoms with van der Waals surface area (Å²) < 4.78 is 0. The van der Waals surface area contributed by atoms with Crippen LogP contribution in [-0.4, -0.2) is 45.8 Å². The second-order valence-corrected chi connectivity index (χ2v) is 5.36. The Bertz CT molecular complexity index is 709. The van der Waals surface area contributed by atoms with Crippen molar-refractivity contribution in [3.63, 3.8) is 0 Å². The lowest BCUT2D eigenvalue weighted by molar-refractivity contribution is 0.0893. The fourth-order valence-electron chi connectivity index (χ4n) is 2.64. The Morgan fingerprint density at radius 3 is 2.67 bits per heavy atom. The minimum absolute atomic E-state index is 0.0209. The first-order valence-corrected chi connectivity index (χ1v) is 6.72. The van der Waals surface area contributed by atoms with Crippen molar-refractivity contribution < 1.29 is 4.79 Å². The lowest BCUT2D eigenvalue weighted by Gasteiger charge is -2.29. The van der Waals surface area contributed by atoms with E-state index in [4.69, 9.17) is 0 Å². The molecule has 5 nitrogen and oxygen atoms in total. The molecule has 2 aromatic heterocycles. The fourth-order valence-corrected chi connectivity index (χ4v) is 2.64. The van der Waals surface area contributed by atoms with Gasteiger partial charge in [-0.15, -0.1) is 0 Å². The Morgan fingerprint density at radius 1 is 1.29 bits per heavy atom. The molecule has 3 rings (SSSR count). The zero-order valence-corrected chi connectivity index (χ0v) is 12.1. The maximum absolute atomic E-state index is 12.5. The highest BCUT2D eigenvalue weighted by molar-refractivity contribution is 6.04. The van der Waals surface area contributed by atoms with Crippen molar-refractivity contribution in [2.45, 2.75) is 12.5 Å². The molecule has 106 valence electrons. The van der Waals surface area contributed by atoms with Crippen molar-refractivity contribution in [1.29, 1.82) is 0 Å². The number of Topliss-reactive ketones (excluding diaryl/α,β-unsaturated/α-hetero) is 1. The third-order valence-corrected chi connectivity index (χ3v) is 3.62. The van der Waals surface area contributed by atoms with Gasteiger partial charge in [0.05, 0.1) is 17.3 Å². The van der Waals surface area contributed by atoms with E-state index in [1.54, 1.807) is 18.6 Å². The van der Waals surface area contributed by atoms with E-state index in [1.165, 1.54) is 0 Å². The van der Waals surface area contributed by atoms with Crippen LogP contribution in [0.5, 0.6) is 0 Å². The number of hydrogen-bond acceptors (Lipinski definition) is 5. The van der Waals surface area contributed by atoms with E-state index in [0.717, 1.165) is 16.8 Å². The SMILES string of the molecule is C=C1Cc2nc(-c3ccncc3)ncc2C(=O)C1N(C)C. The summed E-state index contributed by atoms with van der Waals surface area (Å²) in [6, 6.07) is 3.42. The third-order valence-electron chi connectivity index (χ3n) is 3.62. The van der Waals surface area contributed by atoms with Gasteiger partial charge in [0, 0.05) is 30.6 Å². The largest absolute Gasteiger partial charge is 0.296 e. The van der Waals surface area contributed by atoms with Crippen LogP contribution < -0.4 is 0 Å². The Hall–Kier alpha value is -2.40. The van der Waals surface area contributed by atoms with Crippen LogP contribution in [0.15, 0.2) is 42.9 Å². The Kier molecular flexibility index (Phi) is 3.35. The first-order chi connectivity index (χ1) is 10.1. The second kappa shape index (κ2) is 5.18. The number of fused-ring (bicyclic) bond motifs is 1. The van der Waals surface area contributed by atoms with Crippen LogP contribution in [0.1, 0.15) is 16.1 Å². The summed E-state index contributed by atoms with van der Waals surface area (Å²) in [6.07, 6.45) is 5.63. The Morgan fingerprint density at radius 2 is 2.00 bits per heavy atom. The van der Waals surface area contributed by atoms with Crippen LogP contribution in [0.2, 0.25) is 0 Å². The summed E-state index contributed by atoms with van der Waals surface area (Å²) in [5.41, 5.74) is 3.11. The molecule has 0 bridgehead atoms. The van der Waals surface area contributed by atoms with E-state index in [2.05, 4.69) is 21.5 Å². The predicted octanol–water partition coefficient (Wildman–Crippen LogP) is 1.76. The minimum atomic E-state index is -0.284. The van der Waals surface area contributed by atoms with Gasteiger partial charge < -0.3 is 0 Å². The summed E-state index contributed by atoms with van der Waals surface area (Å²) in [6.45, 7) is 4.04. The monoisotopic (exact) mass is 280 g/mol. The van der Waals surface area contributed by atoms with E-state index in [0.29, 0.717) is 17.8 Å². The molecule has 21 heavy (non-hydrogen) atoms. The van der Waals surface area contributed by atoms with Crippen molar-refractivity contribution in [1.82, 2.24) is 19.9 Å². The van der Waals surface area contributed by atoms with E-state index in [1.807, 2.05) is 31.1 Å². The molecule has 0 saturated carbocycles. The minimum Gasteiger partial charge on any atom is -0.296 e. The van der Waals surface area contributed by atoms with Gasteiger partial charge in [-0.25, -0.2) is 9.97 Å². The maximum Gasteiger partial charge on any atom is 0.187 e. The molecule has 0 aliphatic heterocycles. The quantitative estimate of drug-likeness (QED) is 0.785. The average molecular weight is 280 g/mol. The Labute approximate surface area is 123 Å². The van der Waals surface area contributed by atoms with Crippen molar-refractivity contribution in [3.05, 3.63) is 54.1 Å². The van der Waals surface area contributed by atoms with Gasteiger partial charge >= 0.3 is 0 Å². The summed E-state index contributed by atoms with van der Waals surface area (Å²) in [4.78, 5) is 27.2. The smallest absolute Gasteiger partial charge is 0.187 e. The van der Waals surface area contributed by atoms with Gasteiger partial charge in [0.2, 0.25) is 0 Å². The zero-order valence-electron chi connectivity index (χ0n) is 12.1. The van der Waals surface area contributed by atoms with Crippen molar-refractivity contribution in [2.24, 2.45) is 0 Å². The number of rotatable bonds is 2. The van der Waals surface area contributed by atoms with Gasteiger partial charge in [0.1, 0.15) is 0 Å². The van der Waals surface area contributed by atoms with Gasteiger partial charge in [-0.05, 0) is 31.8 Å². The molecule has 0 radical (unpaired) electrons. The number of pyridine rings is 1. The van der Waals surface area contributed by atoms with Gasteiger partial charge in [-0.1, -0.05) is 6.58 Å². The van der Waals surface area contributed by atoms with Gasteiger partial charge in [0.25, 0.3) is 0 Å². The predicted molar refractivity (Wildman–Crippen MR) is 79.9 cm³/mol. The molecule has 0 saturated heterocycles. The molecule has 0 aromatic carbocycles. The normalized spacial score (nSPS) is 18.0. The van der Waals surface area contributed by atoms with Crippen molar-refractivity contribution in [2.75, 3.05) is 14.1 Å². The van der Waals surface area contributed by atoms with Gasteiger partial charge in [0.15, 0.2) is 11.6 Å². The molecule has 0 N–H and O–H groups in total. The molecule has 0 amide bonds. The van der Waals surface area contributed by atoms with Gasteiger partial charge in [-0.2, -0.15) is 0 Å². The summed E-state index contributed by atoms with van der Waals surface area (Å²) >= 11 is 0. The molecule has 2 aromatic rings. The third kappa shape index (κ3) is 2.36. The molecule has 1 aliphatic rings. The fraction of sp³-hybridized carbons (Fsp3) is 0.250. The highest BCUT2D eigenvalue weighted by atomic mass is 16.1. The molecule has 1 aliphatic carbocycles. The highest BCUT2D eigenvalue weighted by Crippen LogP contribution is 2.26. The van der Waals surface area contributed by atoms with Crippen molar-refractivity contribution >= 4 is 5.78 Å². The molecule has 5 heteroatoms. The lowest BCUT2D eigenvalue weighted by Crippen LogP contribution is -2.41. The van der Waals surface area contributed by atoms with Crippen LogP contribution >= 0.6 is 0 Å². The summed E-state index contributed by atoms with van der Waals surface area (Å²) in [5, 5.41) is 0. The maximum atomic E-state index is 12.5. The van der Waals surface area contributed by atoms with Crippen LogP contribution in [0, 0.1) is 0 Å². The molecule has 1 unspecified atom stereocenters. The average Bonchev–Trinajstić information content (AvgIpc) is 2.47. The number of ketones is 1. The first-order valence-electron chi connectivity index (χ1n) is 6.72. The molecular weight excluding hydrogens is 264 g/mol. The topological polar surface area (TPSA) is 59.0 Å². The molecule has 1 atom stereocenters. The Balaban J connectivity index is 2.04. The molecule has 0 fully saturated rings. The van der Waals surface area contributed by atoms with Crippen LogP contribution in [0.25, 0.3) is 11.4 Å². The number of nitrogens with zero attached hydrogens (tertiary/aromatic N) is 4. The number of carbonyl (C=O) groups excluding carboxylic acids is 1. The van der Waals surface area contributed by atoms with Crippen LogP contribution in [-0.2, 0) is 6.42 Å². The summed E-state index contributed by atoms with van der Waals surface area (Å²) in [5.74, 6) is 0.632.